The van der Waals surface area contributed by atoms with Gasteiger partial charge in [0.1, 0.15) is 146 Å². The first-order valence-electron chi connectivity index (χ1n) is 25.7. The van der Waals surface area contributed by atoms with Crippen LogP contribution in [0.2, 0.25) is 0 Å². The first-order valence-corrected chi connectivity index (χ1v) is 25.7. The number of guanidine groups is 2. The smallest absolute Gasteiger partial charge is 0.218 e. The van der Waals surface area contributed by atoms with Crippen molar-refractivity contribution in [2.24, 2.45) is 27.2 Å². The van der Waals surface area contributed by atoms with E-state index in [0.717, 1.165) is 6.42 Å². The summed E-state index contributed by atoms with van der Waals surface area (Å²) in [5.41, 5.74) is 15.6. The first kappa shape index (κ1) is 65.7. The molecule has 22 aliphatic heterocycles. The highest BCUT2D eigenvalue weighted by molar-refractivity contribution is 5.92. The Kier molecular flexibility index (Phi) is 24.8. The minimum Gasteiger partial charge on any atom is -0.394 e. The minimum absolute atomic E-state index is 0.0465. The molecule has 0 aliphatic carbocycles. The molecule has 22 heterocycles. The van der Waals surface area contributed by atoms with Crippen molar-refractivity contribution in [3.05, 3.63) is 0 Å². The van der Waals surface area contributed by atoms with E-state index in [1.165, 1.54) is 19.3 Å². The Bertz CT molecular complexity index is 1600. The number of ether oxygens (including phenoxy) is 12. The molecular formula is C44H79N5O30. The SMILES string of the molecule is CCCCCCN=C(N)N=C(N)N.OC[C@H]1O[C@@H]2O[C@H]3[C@H](O)[C@@H](O)[C@@H](O[C@H]4[C@H](O)[C@@H](O)[C@@H](O[C@H]5[C@H](O)[C@@H](O)[C@@H](O[C@H]6[C@H](O)[C@@H](O)[C@@H](O[C@H]7[C@H](O)[C@@H](O)[C@@H](O[C@H]1[C@H](O)[C@H]2O)O[C@@H]7CO)O[C@@H]6CO)O[C@@H]5CO)O[C@@H]4CO)O[C@@H]3CO. The van der Waals surface area contributed by atoms with Crippen LogP contribution < -0.4 is 17.2 Å². The summed E-state index contributed by atoms with van der Waals surface area (Å²) in [5, 5.41) is 196. The van der Waals surface area contributed by atoms with Gasteiger partial charge in [0.15, 0.2) is 43.7 Å². The molecule has 35 heteroatoms. The van der Waals surface area contributed by atoms with Gasteiger partial charge >= 0.3 is 0 Å². The molecule has 0 radical (unpaired) electrons. The van der Waals surface area contributed by atoms with Crippen LogP contribution in [0.4, 0.5) is 0 Å². The molecule has 30 atom stereocenters. The van der Waals surface area contributed by atoms with Crippen molar-refractivity contribution in [2.75, 3.05) is 46.2 Å². The molecule has 24 N–H and O–H groups in total. The number of aliphatic imine (C=N–C) groups is 2. The molecule has 0 unspecified atom stereocenters. The summed E-state index contributed by atoms with van der Waals surface area (Å²) in [4.78, 5) is 7.58. The van der Waals surface area contributed by atoms with Gasteiger partial charge in [-0.3, -0.25) is 4.99 Å². The van der Waals surface area contributed by atoms with E-state index in [9.17, 15) is 91.9 Å². The summed E-state index contributed by atoms with van der Waals surface area (Å²) in [5.74, 6) is 0.117. The highest BCUT2D eigenvalue weighted by atomic mass is 16.8. The summed E-state index contributed by atoms with van der Waals surface area (Å²) in [7, 11) is 0. The van der Waals surface area contributed by atoms with Gasteiger partial charge in [-0.25, -0.2) is 0 Å². The van der Waals surface area contributed by atoms with Crippen LogP contribution in [0.15, 0.2) is 9.98 Å². The van der Waals surface area contributed by atoms with Gasteiger partial charge in [0.25, 0.3) is 0 Å². The third-order valence-electron chi connectivity index (χ3n) is 14.2. The lowest BCUT2D eigenvalue weighted by molar-refractivity contribution is -0.404. The second-order valence-electron chi connectivity index (χ2n) is 19.7. The van der Waals surface area contributed by atoms with E-state index >= 15 is 0 Å². The second-order valence-corrected chi connectivity index (χ2v) is 19.7. The van der Waals surface area contributed by atoms with Crippen LogP contribution in [0, 0.1) is 0 Å². The standard InChI is InChI=1S/C36H60O30.C8H19N5/c37-1-7-25-13(43)19(49)31(55-7)62-26-8(2-38)57-33(21(51)15(26)45)64-28-10(4-40)59-35(23(53)17(28)47)66-30-12(6-42)60-36(24(54)18(30)48)65-29-11(5-41)58-34(22(52)16(29)46)63-27-9(3-39)56-32(61-25)20(50)14(27)44;1-2-3-4-5-6-12-8(11)13-7(9)10/h7-54H,1-6H2;2-6H2,1H3,(H6,9,10,11,12,13)/t7-,8-,9-,10-,11-,12-,13-,14-,15-,16-,17-,18-,19-,20-,21-,22-,23-,24-,25-,26-,27-,28-,29-,30-,31-,32-,33-,34-,35-,36-;/m1./s1. The average molecular weight is 1160 g/mol. The maximum Gasteiger partial charge on any atom is 0.218 e. The molecule has 35 nitrogen and oxygen atoms in total. The third-order valence-corrected chi connectivity index (χ3v) is 14.2. The Hall–Kier alpha value is -2.46. The number of hydrogen-bond donors (Lipinski definition) is 21. The Labute approximate surface area is 450 Å². The second kappa shape index (κ2) is 29.9. The van der Waals surface area contributed by atoms with Crippen LogP contribution >= 0.6 is 0 Å². The molecule has 22 fully saturated rings. The first-order chi connectivity index (χ1) is 37.6. The monoisotopic (exact) mass is 1160 g/mol. The fraction of sp³-hybridized carbons (Fsp3) is 0.955. The van der Waals surface area contributed by atoms with E-state index in [1.807, 2.05) is 0 Å². The Morgan fingerprint density at radius 1 is 0.316 bits per heavy atom. The molecule has 0 saturated carbocycles. The molecule has 79 heavy (non-hydrogen) atoms. The molecule has 22 rings (SSSR count). The Morgan fingerprint density at radius 2 is 0.532 bits per heavy atom. The van der Waals surface area contributed by atoms with Crippen LogP contribution in [-0.2, 0) is 56.8 Å². The number of aliphatic hydroxyl groups excluding tert-OH is 18. The lowest BCUT2D eigenvalue weighted by Crippen LogP contribution is -2.69. The lowest BCUT2D eigenvalue weighted by atomic mass is 9.94. The number of unbranched alkanes of at least 4 members (excludes halogenated alkanes) is 3. The van der Waals surface area contributed by atoms with Crippen molar-refractivity contribution in [3.63, 3.8) is 0 Å². The Morgan fingerprint density at radius 3 is 0.709 bits per heavy atom. The molecular weight excluding hydrogens is 1080 g/mol. The van der Waals surface area contributed by atoms with Crippen LogP contribution in [0.1, 0.15) is 32.6 Å². The van der Waals surface area contributed by atoms with Gasteiger partial charge in [-0.2, -0.15) is 4.99 Å². The minimum atomic E-state index is -2.15. The van der Waals surface area contributed by atoms with Crippen LogP contribution in [0.25, 0.3) is 0 Å². The van der Waals surface area contributed by atoms with Gasteiger partial charge in [-0.1, -0.05) is 26.2 Å². The predicted molar refractivity (Wildman–Crippen MR) is 252 cm³/mol. The van der Waals surface area contributed by atoms with Gasteiger partial charge in [0.05, 0.1) is 39.6 Å². The molecule has 460 valence electrons. The van der Waals surface area contributed by atoms with E-state index < -0.39 is 224 Å². The van der Waals surface area contributed by atoms with E-state index in [0.29, 0.717) is 6.54 Å². The maximum absolute atomic E-state index is 11.2. The molecule has 22 saturated heterocycles. The summed E-state index contributed by atoms with van der Waals surface area (Å²) in [6, 6.07) is 0. The van der Waals surface area contributed by atoms with Crippen molar-refractivity contribution >= 4 is 11.9 Å². The van der Waals surface area contributed by atoms with Crippen molar-refractivity contribution in [1.82, 2.24) is 0 Å². The number of aliphatic hydroxyl groups is 18. The fourth-order valence-electron chi connectivity index (χ4n) is 9.83. The van der Waals surface area contributed by atoms with E-state index in [-0.39, 0.29) is 11.9 Å². The van der Waals surface area contributed by atoms with Gasteiger partial charge in [0.2, 0.25) is 5.96 Å². The number of nitrogens with two attached hydrogens (primary N) is 3. The van der Waals surface area contributed by atoms with Gasteiger partial charge < -0.3 is 166 Å². The van der Waals surface area contributed by atoms with E-state index in [4.69, 9.17) is 74.0 Å². The third kappa shape index (κ3) is 15.1. The largest absolute Gasteiger partial charge is 0.394 e. The van der Waals surface area contributed by atoms with E-state index in [2.05, 4.69) is 16.9 Å². The molecule has 0 amide bonds. The number of nitrogens with zero attached hydrogens (tertiary/aromatic N) is 2. The topological polar surface area (TPSA) is 578 Å². The molecule has 0 aromatic rings. The van der Waals surface area contributed by atoms with Crippen molar-refractivity contribution in [3.8, 4) is 0 Å². The predicted octanol–water partition coefficient (Wildman–Crippen LogP) is -12.9. The lowest BCUT2D eigenvalue weighted by Gasteiger charge is -2.50. The molecule has 12 bridgehead atoms. The van der Waals surface area contributed by atoms with E-state index in [1.54, 1.807) is 0 Å². The summed E-state index contributed by atoms with van der Waals surface area (Å²) in [6.45, 7) is -3.13. The van der Waals surface area contributed by atoms with Crippen LogP contribution in [0.3, 0.4) is 0 Å². The zero-order valence-corrected chi connectivity index (χ0v) is 42.7. The van der Waals surface area contributed by atoms with Crippen molar-refractivity contribution < 1.29 is 149 Å². The van der Waals surface area contributed by atoms with Crippen LogP contribution in [0.5, 0.6) is 0 Å². The van der Waals surface area contributed by atoms with Gasteiger partial charge in [0, 0.05) is 6.54 Å². The summed E-state index contributed by atoms with van der Waals surface area (Å²) >= 11 is 0. The van der Waals surface area contributed by atoms with Crippen LogP contribution in [-0.4, -0.2) is 334 Å². The normalized spacial score (nSPS) is 48.1. The number of rotatable bonds is 11. The van der Waals surface area contributed by atoms with Crippen molar-refractivity contribution in [2.45, 2.75) is 217 Å². The highest BCUT2D eigenvalue weighted by Gasteiger charge is 2.58. The molecule has 0 aromatic heterocycles. The summed E-state index contributed by atoms with van der Waals surface area (Å²) in [6.07, 6.45) is -53.8. The molecule has 0 spiro atoms. The molecule has 0 aromatic carbocycles. The zero-order valence-electron chi connectivity index (χ0n) is 42.7. The molecule has 22 aliphatic rings. The highest BCUT2D eigenvalue weighted by Crippen LogP contribution is 2.38. The van der Waals surface area contributed by atoms with Gasteiger partial charge in [-0.05, 0) is 6.42 Å². The zero-order chi connectivity index (χ0) is 58.2. The fourth-order valence-corrected chi connectivity index (χ4v) is 9.83. The quantitative estimate of drug-likeness (QED) is 0.0519. The van der Waals surface area contributed by atoms with Crippen molar-refractivity contribution in [1.29, 1.82) is 0 Å². The summed E-state index contributed by atoms with van der Waals surface area (Å²) < 4.78 is 67.9. The average Bonchev–Trinajstić information content (AvgIpc) is 3.48. The maximum atomic E-state index is 11.2. The number of hydrogen-bond acceptors (Lipinski definition) is 31. The van der Waals surface area contributed by atoms with Gasteiger partial charge in [-0.15, -0.1) is 0 Å². The Balaban J connectivity index is 0.000000686.